The molecule has 5 heteroatoms. The summed E-state index contributed by atoms with van der Waals surface area (Å²) in [4.78, 5) is 13.2. The Bertz CT molecular complexity index is 424. The molecule has 0 radical (unpaired) electrons. The molecule has 1 aliphatic heterocycles. The van der Waals surface area contributed by atoms with Crippen LogP contribution in [0.1, 0.15) is 16.8 Å². The van der Waals surface area contributed by atoms with Gasteiger partial charge < -0.3 is 4.90 Å². The van der Waals surface area contributed by atoms with E-state index >= 15 is 0 Å². The highest BCUT2D eigenvalue weighted by atomic mass is 127. The highest BCUT2D eigenvalue weighted by molar-refractivity contribution is 14.1. The number of carbonyl (C=O) groups is 1. The number of alkyl halides is 1. The van der Waals surface area contributed by atoms with Gasteiger partial charge in [0.15, 0.2) is 0 Å². The monoisotopic (exact) mass is 337 g/mol. The Hall–Kier alpha value is -0.720. The first-order valence-electron chi connectivity index (χ1n) is 4.96. The van der Waals surface area contributed by atoms with Crippen molar-refractivity contribution in [2.75, 3.05) is 13.1 Å². The predicted octanol–water partition coefficient (Wildman–Crippen LogP) is 2.61. The van der Waals surface area contributed by atoms with Crippen LogP contribution in [0.5, 0.6) is 0 Å². The van der Waals surface area contributed by atoms with Crippen LogP contribution in [0.3, 0.4) is 0 Å². The van der Waals surface area contributed by atoms with Crippen LogP contribution in [0.4, 0.5) is 8.78 Å². The minimum Gasteiger partial charge on any atom is -0.336 e. The average Bonchev–Trinajstić information content (AvgIpc) is 2.67. The summed E-state index contributed by atoms with van der Waals surface area (Å²) >= 11 is 2.01. The summed E-state index contributed by atoms with van der Waals surface area (Å²) in [6.45, 7) is 0.439. The molecule has 1 aromatic carbocycles. The molecule has 0 unspecified atom stereocenters. The van der Waals surface area contributed by atoms with Gasteiger partial charge in [0.2, 0.25) is 0 Å². The van der Waals surface area contributed by atoms with Gasteiger partial charge in [0, 0.05) is 10.1 Å². The standard InChI is InChI=1S/C11H10F2INO/c12-7-3-4-15(6-7)11(16)9-5-8(14)1-2-10(9)13/h1-2,5,7H,3-4,6H2/t7-/m1/s1. The highest BCUT2D eigenvalue weighted by Gasteiger charge is 2.28. The minimum atomic E-state index is -0.977. The second-order valence-corrected chi connectivity index (χ2v) is 5.01. The quantitative estimate of drug-likeness (QED) is 0.722. The molecule has 0 bridgehead atoms. The minimum absolute atomic E-state index is 0.0287. The summed E-state index contributed by atoms with van der Waals surface area (Å²) in [5.41, 5.74) is 0.0287. The van der Waals surface area contributed by atoms with E-state index < -0.39 is 17.9 Å². The SMILES string of the molecule is O=C(c1cc(I)ccc1F)N1CC[C@@H](F)C1. The van der Waals surface area contributed by atoms with Gasteiger partial charge in [0.05, 0.1) is 12.1 Å². The summed E-state index contributed by atoms with van der Waals surface area (Å²) < 4.78 is 27.2. The number of rotatable bonds is 1. The molecule has 1 aliphatic rings. The van der Waals surface area contributed by atoms with Gasteiger partial charge in [-0.1, -0.05) is 0 Å². The maximum absolute atomic E-state index is 13.4. The number of amides is 1. The van der Waals surface area contributed by atoms with Crippen molar-refractivity contribution in [2.45, 2.75) is 12.6 Å². The zero-order valence-corrected chi connectivity index (χ0v) is 10.6. The summed E-state index contributed by atoms with van der Waals surface area (Å²) in [7, 11) is 0. The molecule has 0 saturated carbocycles. The number of benzene rings is 1. The van der Waals surface area contributed by atoms with E-state index in [1.165, 1.54) is 17.0 Å². The molecule has 1 atom stereocenters. The van der Waals surface area contributed by atoms with Crippen LogP contribution < -0.4 is 0 Å². The van der Waals surface area contributed by atoms with Crippen LogP contribution in [-0.4, -0.2) is 30.1 Å². The summed E-state index contributed by atoms with van der Waals surface area (Å²) in [5, 5.41) is 0. The Morgan fingerprint density at radius 1 is 1.50 bits per heavy atom. The fourth-order valence-electron chi connectivity index (χ4n) is 1.73. The second kappa shape index (κ2) is 4.65. The molecule has 0 spiro atoms. The average molecular weight is 337 g/mol. The van der Waals surface area contributed by atoms with Crippen LogP contribution in [0.2, 0.25) is 0 Å². The molecule has 1 saturated heterocycles. The fourth-order valence-corrected chi connectivity index (χ4v) is 2.23. The van der Waals surface area contributed by atoms with Crippen LogP contribution in [0.15, 0.2) is 18.2 Å². The Morgan fingerprint density at radius 2 is 2.25 bits per heavy atom. The van der Waals surface area contributed by atoms with Crippen molar-refractivity contribution in [3.05, 3.63) is 33.1 Å². The maximum Gasteiger partial charge on any atom is 0.256 e. The van der Waals surface area contributed by atoms with Crippen molar-refractivity contribution < 1.29 is 13.6 Å². The third kappa shape index (κ3) is 2.34. The van der Waals surface area contributed by atoms with Gasteiger partial charge in [-0.05, 0) is 47.2 Å². The van der Waals surface area contributed by atoms with Gasteiger partial charge in [-0.25, -0.2) is 8.78 Å². The Kier molecular flexibility index (Phi) is 3.41. The molecule has 2 nitrogen and oxygen atoms in total. The molecule has 1 amide bonds. The molecule has 16 heavy (non-hydrogen) atoms. The summed E-state index contributed by atoms with van der Waals surface area (Å²) in [5.74, 6) is -0.969. The van der Waals surface area contributed by atoms with Gasteiger partial charge in [-0.15, -0.1) is 0 Å². The van der Waals surface area contributed by atoms with Crippen molar-refractivity contribution in [2.24, 2.45) is 0 Å². The lowest BCUT2D eigenvalue weighted by Crippen LogP contribution is -2.29. The largest absolute Gasteiger partial charge is 0.336 e. The molecular formula is C11H10F2INO. The molecule has 0 aromatic heterocycles. The van der Waals surface area contributed by atoms with Crippen LogP contribution in [-0.2, 0) is 0 Å². The van der Waals surface area contributed by atoms with Crippen molar-refractivity contribution in [1.82, 2.24) is 4.90 Å². The predicted molar refractivity (Wildman–Crippen MR) is 64.5 cm³/mol. The molecule has 2 rings (SSSR count). The van der Waals surface area contributed by atoms with Crippen molar-refractivity contribution in [3.8, 4) is 0 Å². The molecule has 1 heterocycles. The van der Waals surface area contributed by atoms with E-state index in [1.807, 2.05) is 22.6 Å². The lowest BCUT2D eigenvalue weighted by Gasteiger charge is -2.15. The zero-order valence-electron chi connectivity index (χ0n) is 8.42. The molecular weight excluding hydrogens is 327 g/mol. The van der Waals surface area contributed by atoms with E-state index in [2.05, 4.69) is 0 Å². The number of halogens is 3. The van der Waals surface area contributed by atoms with Gasteiger partial charge in [-0.3, -0.25) is 4.79 Å². The van der Waals surface area contributed by atoms with Gasteiger partial charge in [0.25, 0.3) is 5.91 Å². The van der Waals surface area contributed by atoms with E-state index in [9.17, 15) is 13.6 Å². The van der Waals surface area contributed by atoms with E-state index in [1.54, 1.807) is 6.07 Å². The fraction of sp³-hybridized carbons (Fsp3) is 0.364. The molecule has 86 valence electrons. The van der Waals surface area contributed by atoms with E-state index in [4.69, 9.17) is 0 Å². The third-order valence-electron chi connectivity index (χ3n) is 2.58. The van der Waals surface area contributed by atoms with Crippen molar-refractivity contribution in [3.63, 3.8) is 0 Å². The summed E-state index contributed by atoms with van der Waals surface area (Å²) in [6, 6.07) is 4.34. The van der Waals surface area contributed by atoms with Gasteiger partial charge >= 0.3 is 0 Å². The first-order valence-corrected chi connectivity index (χ1v) is 6.04. The molecule has 0 aliphatic carbocycles. The van der Waals surface area contributed by atoms with Crippen LogP contribution >= 0.6 is 22.6 Å². The first-order chi connectivity index (χ1) is 7.58. The van der Waals surface area contributed by atoms with Crippen LogP contribution in [0, 0.1) is 9.39 Å². The number of likely N-dealkylation sites (tertiary alicyclic amines) is 1. The van der Waals surface area contributed by atoms with Crippen molar-refractivity contribution in [1.29, 1.82) is 0 Å². The van der Waals surface area contributed by atoms with E-state index in [-0.39, 0.29) is 12.1 Å². The van der Waals surface area contributed by atoms with Gasteiger partial charge in [-0.2, -0.15) is 0 Å². The topological polar surface area (TPSA) is 20.3 Å². The van der Waals surface area contributed by atoms with Gasteiger partial charge in [0.1, 0.15) is 12.0 Å². The second-order valence-electron chi connectivity index (χ2n) is 3.76. The molecule has 1 aromatic rings. The number of hydrogen-bond acceptors (Lipinski definition) is 1. The Labute approximate surface area is 106 Å². The number of hydrogen-bond donors (Lipinski definition) is 0. The van der Waals surface area contributed by atoms with Crippen molar-refractivity contribution >= 4 is 28.5 Å². The zero-order chi connectivity index (χ0) is 11.7. The number of carbonyl (C=O) groups excluding carboxylic acids is 1. The highest BCUT2D eigenvalue weighted by Crippen LogP contribution is 2.19. The molecule has 0 N–H and O–H groups in total. The van der Waals surface area contributed by atoms with E-state index in [0.29, 0.717) is 13.0 Å². The lowest BCUT2D eigenvalue weighted by molar-refractivity contribution is 0.0778. The Morgan fingerprint density at radius 3 is 2.88 bits per heavy atom. The number of nitrogens with zero attached hydrogens (tertiary/aromatic N) is 1. The summed E-state index contributed by atoms with van der Waals surface area (Å²) in [6.07, 6.45) is -0.633. The smallest absolute Gasteiger partial charge is 0.256 e. The third-order valence-corrected chi connectivity index (χ3v) is 3.25. The maximum atomic E-state index is 13.4. The molecule has 1 fully saturated rings. The first kappa shape index (κ1) is 11.8. The normalized spacial score (nSPS) is 20.2. The van der Waals surface area contributed by atoms with Crippen LogP contribution in [0.25, 0.3) is 0 Å². The lowest BCUT2D eigenvalue weighted by atomic mass is 10.2. The van der Waals surface area contributed by atoms with E-state index in [0.717, 1.165) is 3.57 Å². The Balaban J connectivity index is 2.23.